The van der Waals surface area contributed by atoms with Gasteiger partial charge in [0.2, 0.25) is 11.8 Å². The van der Waals surface area contributed by atoms with E-state index in [1.165, 1.54) is 6.92 Å². The van der Waals surface area contributed by atoms with E-state index in [1.54, 1.807) is 29.6 Å². The Morgan fingerprint density at radius 3 is 2.00 bits per heavy atom. The Labute approximate surface area is 164 Å². The SMILES string of the molecule is CC(=O)NC(CC(=O)N(Cc1ccco1)Cc1ccco1)c1ccc(C)cc1. The van der Waals surface area contributed by atoms with Gasteiger partial charge in [-0.3, -0.25) is 9.59 Å². The number of amides is 2. The van der Waals surface area contributed by atoms with Crippen molar-refractivity contribution < 1.29 is 18.4 Å². The van der Waals surface area contributed by atoms with E-state index in [-0.39, 0.29) is 18.2 Å². The van der Waals surface area contributed by atoms with E-state index in [4.69, 9.17) is 8.83 Å². The predicted octanol–water partition coefficient (Wildman–Crippen LogP) is 3.98. The Morgan fingerprint density at radius 1 is 0.964 bits per heavy atom. The van der Waals surface area contributed by atoms with Crippen molar-refractivity contribution in [2.24, 2.45) is 0 Å². The maximum atomic E-state index is 13.1. The second kappa shape index (κ2) is 9.08. The zero-order valence-corrected chi connectivity index (χ0v) is 16.1. The van der Waals surface area contributed by atoms with E-state index >= 15 is 0 Å². The Kier molecular flexibility index (Phi) is 6.32. The molecule has 0 saturated carbocycles. The highest BCUT2D eigenvalue weighted by atomic mass is 16.3. The number of aryl methyl sites for hydroxylation is 1. The van der Waals surface area contributed by atoms with E-state index < -0.39 is 6.04 Å². The van der Waals surface area contributed by atoms with Gasteiger partial charge in [-0.25, -0.2) is 0 Å². The van der Waals surface area contributed by atoms with Crippen LogP contribution in [0.5, 0.6) is 0 Å². The molecule has 3 rings (SSSR count). The van der Waals surface area contributed by atoms with Crippen LogP contribution in [0, 0.1) is 6.92 Å². The van der Waals surface area contributed by atoms with Crippen LogP contribution < -0.4 is 5.32 Å². The van der Waals surface area contributed by atoms with Crippen LogP contribution in [0.1, 0.15) is 42.0 Å². The zero-order chi connectivity index (χ0) is 19.9. The van der Waals surface area contributed by atoms with E-state index in [2.05, 4.69) is 5.32 Å². The van der Waals surface area contributed by atoms with Gasteiger partial charge in [-0.05, 0) is 36.8 Å². The molecule has 0 aliphatic heterocycles. The lowest BCUT2D eigenvalue weighted by Crippen LogP contribution is -2.35. The summed E-state index contributed by atoms with van der Waals surface area (Å²) in [6.45, 7) is 4.10. The smallest absolute Gasteiger partial charge is 0.225 e. The van der Waals surface area contributed by atoms with Crippen molar-refractivity contribution in [3.63, 3.8) is 0 Å². The predicted molar refractivity (Wildman–Crippen MR) is 104 cm³/mol. The third-order valence-corrected chi connectivity index (χ3v) is 4.44. The first-order chi connectivity index (χ1) is 13.5. The van der Waals surface area contributed by atoms with Crippen molar-refractivity contribution in [2.45, 2.75) is 39.4 Å². The molecule has 1 N–H and O–H groups in total. The molecule has 0 bridgehead atoms. The van der Waals surface area contributed by atoms with Gasteiger partial charge in [0.15, 0.2) is 0 Å². The van der Waals surface area contributed by atoms with Gasteiger partial charge in [0.25, 0.3) is 0 Å². The molecule has 0 radical (unpaired) electrons. The Morgan fingerprint density at radius 2 is 1.54 bits per heavy atom. The van der Waals surface area contributed by atoms with Gasteiger partial charge >= 0.3 is 0 Å². The highest BCUT2D eigenvalue weighted by molar-refractivity contribution is 5.79. The molecule has 2 amide bonds. The number of furan rings is 2. The first kappa shape index (κ1) is 19.5. The summed E-state index contributed by atoms with van der Waals surface area (Å²) in [5, 5.41) is 2.89. The molecule has 6 nitrogen and oxygen atoms in total. The lowest BCUT2D eigenvalue weighted by molar-refractivity contribution is -0.133. The number of nitrogens with one attached hydrogen (secondary N) is 1. The maximum Gasteiger partial charge on any atom is 0.225 e. The van der Waals surface area contributed by atoms with Gasteiger partial charge < -0.3 is 19.1 Å². The van der Waals surface area contributed by atoms with Gasteiger partial charge in [-0.2, -0.15) is 0 Å². The quantitative estimate of drug-likeness (QED) is 0.641. The molecule has 0 saturated heterocycles. The van der Waals surface area contributed by atoms with Gasteiger partial charge in [0.05, 0.1) is 38.1 Å². The van der Waals surface area contributed by atoms with E-state index in [0.29, 0.717) is 24.6 Å². The van der Waals surface area contributed by atoms with Gasteiger partial charge in [-0.1, -0.05) is 29.8 Å². The number of carbonyl (C=O) groups is 2. The molecule has 0 aliphatic rings. The first-order valence-electron chi connectivity index (χ1n) is 9.17. The minimum atomic E-state index is -0.402. The number of carbonyl (C=O) groups excluding carboxylic acids is 2. The number of benzene rings is 1. The lowest BCUT2D eigenvalue weighted by Gasteiger charge is -2.24. The summed E-state index contributed by atoms with van der Waals surface area (Å²) in [4.78, 5) is 26.5. The summed E-state index contributed by atoms with van der Waals surface area (Å²) in [6.07, 6.45) is 3.30. The highest BCUT2D eigenvalue weighted by Gasteiger charge is 2.23. The summed E-state index contributed by atoms with van der Waals surface area (Å²) in [5.74, 6) is 1.09. The summed E-state index contributed by atoms with van der Waals surface area (Å²) in [5.41, 5.74) is 2.01. The van der Waals surface area contributed by atoms with Crippen LogP contribution in [0.25, 0.3) is 0 Å². The van der Waals surface area contributed by atoms with Crippen molar-refractivity contribution in [1.82, 2.24) is 10.2 Å². The van der Waals surface area contributed by atoms with Crippen LogP contribution in [0.3, 0.4) is 0 Å². The minimum Gasteiger partial charge on any atom is -0.467 e. The molecular formula is C22H24N2O4. The molecule has 28 heavy (non-hydrogen) atoms. The first-order valence-corrected chi connectivity index (χ1v) is 9.17. The third-order valence-electron chi connectivity index (χ3n) is 4.44. The molecule has 0 fully saturated rings. The van der Waals surface area contributed by atoms with Gasteiger partial charge in [-0.15, -0.1) is 0 Å². The normalized spacial score (nSPS) is 11.8. The van der Waals surface area contributed by atoms with Crippen molar-refractivity contribution in [3.8, 4) is 0 Å². The molecule has 2 aromatic heterocycles. The summed E-state index contributed by atoms with van der Waals surface area (Å²) < 4.78 is 10.8. The van der Waals surface area contributed by atoms with Crippen molar-refractivity contribution >= 4 is 11.8 Å². The fourth-order valence-corrected chi connectivity index (χ4v) is 3.01. The Hall–Kier alpha value is -3.28. The average Bonchev–Trinajstić information content (AvgIpc) is 3.35. The van der Waals surface area contributed by atoms with Crippen LogP contribution >= 0.6 is 0 Å². The molecule has 2 heterocycles. The number of rotatable bonds is 8. The molecular weight excluding hydrogens is 356 g/mol. The molecule has 6 heteroatoms. The number of hydrogen-bond acceptors (Lipinski definition) is 4. The maximum absolute atomic E-state index is 13.1. The van der Waals surface area contributed by atoms with Crippen LogP contribution in [-0.2, 0) is 22.7 Å². The average molecular weight is 380 g/mol. The topological polar surface area (TPSA) is 75.7 Å². The third kappa shape index (κ3) is 5.36. The van der Waals surface area contributed by atoms with Crippen LogP contribution in [-0.4, -0.2) is 16.7 Å². The van der Waals surface area contributed by atoms with E-state index in [0.717, 1.165) is 11.1 Å². The van der Waals surface area contributed by atoms with E-state index in [1.807, 2.05) is 43.3 Å². The standard InChI is InChI=1S/C22H24N2O4/c1-16-7-9-18(10-8-16)21(23-17(2)25)13-22(26)24(14-19-5-3-11-27-19)15-20-6-4-12-28-20/h3-12,21H,13-15H2,1-2H3,(H,23,25). The van der Waals surface area contributed by atoms with Crippen LogP contribution in [0.15, 0.2) is 69.9 Å². The largest absolute Gasteiger partial charge is 0.467 e. The van der Waals surface area contributed by atoms with Gasteiger partial charge in [0, 0.05) is 6.92 Å². The van der Waals surface area contributed by atoms with Crippen molar-refractivity contribution in [1.29, 1.82) is 0 Å². The Bertz CT molecular complexity index is 847. The van der Waals surface area contributed by atoms with Crippen LogP contribution in [0.2, 0.25) is 0 Å². The van der Waals surface area contributed by atoms with E-state index in [9.17, 15) is 9.59 Å². The fraction of sp³-hybridized carbons (Fsp3) is 0.273. The molecule has 1 unspecified atom stereocenters. The minimum absolute atomic E-state index is 0.105. The fourth-order valence-electron chi connectivity index (χ4n) is 3.01. The second-order valence-corrected chi connectivity index (χ2v) is 6.78. The Balaban J connectivity index is 1.78. The summed E-state index contributed by atoms with van der Waals surface area (Å²) >= 11 is 0. The highest BCUT2D eigenvalue weighted by Crippen LogP contribution is 2.21. The molecule has 146 valence electrons. The number of hydrogen-bond donors (Lipinski definition) is 1. The molecule has 0 aliphatic carbocycles. The summed E-state index contributed by atoms with van der Waals surface area (Å²) in [7, 11) is 0. The monoisotopic (exact) mass is 380 g/mol. The van der Waals surface area contributed by atoms with Crippen molar-refractivity contribution in [2.75, 3.05) is 0 Å². The zero-order valence-electron chi connectivity index (χ0n) is 16.1. The number of nitrogens with zero attached hydrogens (tertiary/aromatic N) is 1. The lowest BCUT2D eigenvalue weighted by atomic mass is 10.0. The van der Waals surface area contributed by atoms with Crippen LogP contribution in [0.4, 0.5) is 0 Å². The molecule has 1 atom stereocenters. The molecule has 3 aromatic rings. The molecule has 0 spiro atoms. The van der Waals surface area contributed by atoms with Gasteiger partial charge in [0.1, 0.15) is 11.5 Å². The summed E-state index contributed by atoms with van der Waals surface area (Å²) in [6, 6.07) is 14.6. The van der Waals surface area contributed by atoms with Crippen molar-refractivity contribution in [3.05, 3.63) is 83.7 Å². The second-order valence-electron chi connectivity index (χ2n) is 6.78. The molecule has 1 aromatic carbocycles.